The minimum atomic E-state index is 0.0706. The van der Waals surface area contributed by atoms with Crippen LogP contribution in [0.15, 0.2) is 18.2 Å². The van der Waals surface area contributed by atoms with Crippen molar-refractivity contribution in [3.8, 4) is 5.75 Å². The van der Waals surface area contributed by atoms with E-state index in [-0.39, 0.29) is 12.2 Å². The van der Waals surface area contributed by atoms with Gasteiger partial charge in [0.2, 0.25) is 0 Å². The van der Waals surface area contributed by atoms with Gasteiger partial charge in [-0.2, -0.15) is 0 Å². The third kappa shape index (κ3) is 3.54. The molecule has 1 saturated carbocycles. The number of ether oxygens (including phenoxy) is 2. The zero-order valence-electron chi connectivity index (χ0n) is 11.2. The summed E-state index contributed by atoms with van der Waals surface area (Å²) in [5.74, 6) is 0.735. The highest BCUT2D eigenvalue weighted by molar-refractivity contribution is 6.42. The van der Waals surface area contributed by atoms with E-state index in [2.05, 4.69) is 12.2 Å². The summed E-state index contributed by atoms with van der Waals surface area (Å²) in [4.78, 5) is 0. The Labute approximate surface area is 124 Å². The van der Waals surface area contributed by atoms with Crippen LogP contribution in [0.3, 0.4) is 0 Å². The van der Waals surface area contributed by atoms with Gasteiger partial charge < -0.3 is 14.8 Å². The van der Waals surface area contributed by atoms with E-state index in [1.807, 2.05) is 13.1 Å². The molecule has 0 bridgehead atoms. The predicted molar refractivity (Wildman–Crippen MR) is 78.4 cm³/mol. The van der Waals surface area contributed by atoms with Crippen LogP contribution < -0.4 is 10.1 Å². The van der Waals surface area contributed by atoms with Crippen molar-refractivity contribution in [3.05, 3.63) is 28.2 Å². The maximum absolute atomic E-state index is 5.98. The summed E-state index contributed by atoms with van der Waals surface area (Å²) in [7, 11) is 1.95. The Morgan fingerprint density at radius 3 is 2.74 bits per heavy atom. The van der Waals surface area contributed by atoms with Crippen LogP contribution in [0.25, 0.3) is 0 Å². The van der Waals surface area contributed by atoms with Gasteiger partial charge in [0.25, 0.3) is 0 Å². The summed E-state index contributed by atoms with van der Waals surface area (Å²) in [6.07, 6.45) is 2.11. The first-order valence-corrected chi connectivity index (χ1v) is 7.32. The van der Waals surface area contributed by atoms with E-state index in [1.165, 1.54) is 0 Å². The molecule has 0 saturated heterocycles. The molecule has 1 fully saturated rings. The monoisotopic (exact) mass is 303 g/mol. The maximum atomic E-state index is 5.98. The molecule has 3 atom stereocenters. The molecule has 0 radical (unpaired) electrons. The Morgan fingerprint density at radius 1 is 1.32 bits per heavy atom. The molecule has 19 heavy (non-hydrogen) atoms. The molecule has 0 spiro atoms. The van der Waals surface area contributed by atoms with E-state index in [1.54, 1.807) is 12.1 Å². The minimum absolute atomic E-state index is 0.0706. The SMILES string of the molecule is CCCOC1C(NC)CC1Oc1ccc(Cl)c(Cl)c1. The van der Waals surface area contributed by atoms with Crippen LogP contribution in [0, 0.1) is 0 Å². The van der Waals surface area contributed by atoms with Gasteiger partial charge in [0.1, 0.15) is 18.0 Å². The normalized spacial score (nSPS) is 26.0. The number of benzene rings is 1. The summed E-state index contributed by atoms with van der Waals surface area (Å²) in [6.45, 7) is 2.85. The third-order valence-electron chi connectivity index (χ3n) is 3.31. The van der Waals surface area contributed by atoms with Crippen molar-refractivity contribution >= 4 is 23.2 Å². The Hall–Kier alpha value is -0.480. The van der Waals surface area contributed by atoms with Crippen molar-refractivity contribution in [1.82, 2.24) is 5.32 Å². The molecular weight excluding hydrogens is 285 g/mol. The minimum Gasteiger partial charge on any atom is -0.488 e. The summed E-state index contributed by atoms with van der Waals surface area (Å²) in [5, 5.41) is 4.29. The van der Waals surface area contributed by atoms with Crippen LogP contribution in [-0.2, 0) is 4.74 Å². The molecule has 1 N–H and O–H groups in total. The molecule has 1 aliphatic rings. The van der Waals surface area contributed by atoms with E-state index >= 15 is 0 Å². The highest BCUT2D eigenvalue weighted by Crippen LogP contribution is 2.32. The predicted octanol–water partition coefficient (Wildman–Crippen LogP) is 3.53. The molecule has 1 aromatic rings. The van der Waals surface area contributed by atoms with Gasteiger partial charge in [0.05, 0.1) is 10.0 Å². The molecular formula is C14H19Cl2NO2. The molecule has 1 aromatic carbocycles. The molecule has 0 aromatic heterocycles. The lowest BCUT2D eigenvalue weighted by Gasteiger charge is -2.43. The van der Waals surface area contributed by atoms with Gasteiger partial charge in [-0.15, -0.1) is 0 Å². The van der Waals surface area contributed by atoms with Crippen molar-refractivity contribution in [2.75, 3.05) is 13.7 Å². The van der Waals surface area contributed by atoms with E-state index in [0.29, 0.717) is 16.1 Å². The lowest BCUT2D eigenvalue weighted by molar-refractivity contribution is -0.106. The molecule has 2 rings (SSSR count). The Bertz CT molecular complexity index is 428. The van der Waals surface area contributed by atoms with Crippen LogP contribution in [0.1, 0.15) is 19.8 Å². The smallest absolute Gasteiger partial charge is 0.128 e. The zero-order valence-corrected chi connectivity index (χ0v) is 12.7. The summed E-state index contributed by atoms with van der Waals surface area (Å²) < 4.78 is 11.7. The van der Waals surface area contributed by atoms with Gasteiger partial charge in [0.15, 0.2) is 0 Å². The van der Waals surface area contributed by atoms with Crippen molar-refractivity contribution in [2.45, 2.75) is 38.0 Å². The summed E-state index contributed by atoms with van der Waals surface area (Å²) in [5.41, 5.74) is 0. The fourth-order valence-electron chi connectivity index (χ4n) is 2.18. The number of hydrogen-bond donors (Lipinski definition) is 1. The quantitative estimate of drug-likeness (QED) is 0.872. The highest BCUT2D eigenvalue weighted by atomic mass is 35.5. The van der Waals surface area contributed by atoms with Gasteiger partial charge in [-0.05, 0) is 25.6 Å². The molecule has 3 nitrogen and oxygen atoms in total. The molecule has 0 amide bonds. The van der Waals surface area contributed by atoms with Gasteiger partial charge in [-0.3, -0.25) is 0 Å². The van der Waals surface area contributed by atoms with Crippen LogP contribution in [-0.4, -0.2) is 31.9 Å². The van der Waals surface area contributed by atoms with Crippen molar-refractivity contribution in [2.24, 2.45) is 0 Å². The summed E-state index contributed by atoms with van der Waals surface area (Å²) in [6, 6.07) is 5.68. The van der Waals surface area contributed by atoms with E-state index < -0.39 is 0 Å². The van der Waals surface area contributed by atoms with Gasteiger partial charge in [-0.25, -0.2) is 0 Å². The standard InChI is InChI=1S/C14H19Cl2NO2/c1-3-6-18-14-12(17-2)8-13(14)19-9-4-5-10(15)11(16)7-9/h4-5,7,12-14,17H,3,6,8H2,1-2H3. The Morgan fingerprint density at radius 2 is 2.11 bits per heavy atom. The van der Waals surface area contributed by atoms with Crippen LogP contribution >= 0.6 is 23.2 Å². The second kappa shape index (κ2) is 6.80. The van der Waals surface area contributed by atoms with Crippen LogP contribution in [0.5, 0.6) is 5.75 Å². The molecule has 5 heteroatoms. The lowest BCUT2D eigenvalue weighted by Crippen LogP contribution is -2.60. The third-order valence-corrected chi connectivity index (χ3v) is 4.05. The summed E-state index contributed by atoms with van der Waals surface area (Å²) >= 11 is 11.9. The second-order valence-electron chi connectivity index (χ2n) is 4.70. The molecule has 106 valence electrons. The number of hydrogen-bond acceptors (Lipinski definition) is 3. The number of nitrogens with one attached hydrogen (secondary N) is 1. The average molecular weight is 304 g/mol. The van der Waals surface area contributed by atoms with E-state index in [4.69, 9.17) is 32.7 Å². The number of halogens is 2. The first-order valence-electron chi connectivity index (χ1n) is 6.56. The second-order valence-corrected chi connectivity index (χ2v) is 5.51. The largest absolute Gasteiger partial charge is 0.488 e. The van der Waals surface area contributed by atoms with Gasteiger partial charge >= 0.3 is 0 Å². The van der Waals surface area contributed by atoms with Gasteiger partial charge in [-0.1, -0.05) is 30.1 Å². The lowest BCUT2D eigenvalue weighted by atomic mass is 9.85. The first-order chi connectivity index (χ1) is 9.15. The van der Waals surface area contributed by atoms with E-state index in [0.717, 1.165) is 25.2 Å². The number of likely N-dealkylation sites (N-methyl/N-ethyl adjacent to an activating group) is 1. The van der Waals surface area contributed by atoms with Crippen molar-refractivity contribution in [3.63, 3.8) is 0 Å². The molecule has 0 aliphatic heterocycles. The average Bonchev–Trinajstić information content (AvgIpc) is 2.38. The fourth-order valence-corrected chi connectivity index (χ4v) is 2.47. The Balaban J connectivity index is 1.96. The zero-order chi connectivity index (χ0) is 13.8. The first kappa shape index (κ1) is 14.9. The molecule has 0 heterocycles. The number of rotatable bonds is 6. The van der Waals surface area contributed by atoms with Crippen molar-refractivity contribution in [1.29, 1.82) is 0 Å². The maximum Gasteiger partial charge on any atom is 0.128 e. The Kier molecular flexibility index (Phi) is 5.34. The topological polar surface area (TPSA) is 30.5 Å². The molecule has 3 unspecified atom stereocenters. The van der Waals surface area contributed by atoms with E-state index in [9.17, 15) is 0 Å². The van der Waals surface area contributed by atoms with Crippen LogP contribution in [0.2, 0.25) is 10.0 Å². The molecule has 1 aliphatic carbocycles. The fraction of sp³-hybridized carbons (Fsp3) is 0.571. The van der Waals surface area contributed by atoms with Gasteiger partial charge in [0, 0.05) is 25.1 Å². The highest BCUT2D eigenvalue weighted by Gasteiger charge is 2.42. The van der Waals surface area contributed by atoms with Crippen LogP contribution in [0.4, 0.5) is 0 Å². The van der Waals surface area contributed by atoms with Crippen molar-refractivity contribution < 1.29 is 9.47 Å².